The smallest absolute Gasteiger partial charge is 0.239 e. The maximum atomic E-state index is 12.7. The van der Waals surface area contributed by atoms with Crippen molar-refractivity contribution in [2.45, 2.75) is 65.5 Å². The van der Waals surface area contributed by atoms with Crippen LogP contribution < -0.4 is 15.4 Å². The Hall–Kier alpha value is -2.04. The minimum atomic E-state index is -1.15. The first-order chi connectivity index (χ1) is 11.3. The highest BCUT2D eigenvalue weighted by Gasteiger charge is 2.37. The zero-order valence-corrected chi connectivity index (χ0v) is 15.0. The quantitative estimate of drug-likeness (QED) is 0.784. The van der Waals surface area contributed by atoms with Crippen LogP contribution in [0.5, 0.6) is 5.75 Å². The fourth-order valence-electron chi connectivity index (χ4n) is 2.74. The van der Waals surface area contributed by atoms with Crippen molar-refractivity contribution in [2.24, 2.45) is 5.41 Å². The van der Waals surface area contributed by atoms with Crippen molar-refractivity contribution in [3.63, 3.8) is 0 Å². The zero-order valence-electron chi connectivity index (χ0n) is 15.0. The van der Waals surface area contributed by atoms with Gasteiger partial charge in [-0.05, 0) is 52.7 Å². The second kappa shape index (κ2) is 7.69. The average molecular weight is 332 g/mol. The van der Waals surface area contributed by atoms with Gasteiger partial charge in [0.25, 0.3) is 0 Å². The summed E-state index contributed by atoms with van der Waals surface area (Å²) in [5, 5.41) is 5.84. The fraction of sp³-hybridized carbons (Fsp3) is 0.579. The van der Waals surface area contributed by atoms with E-state index in [1.54, 1.807) is 26.0 Å². The number of hydrogen-bond acceptors (Lipinski definition) is 3. The number of carbonyl (C=O) groups is 2. The minimum absolute atomic E-state index is 0.00160. The summed E-state index contributed by atoms with van der Waals surface area (Å²) in [5.41, 5.74) is -0.564. The Morgan fingerprint density at radius 1 is 1.12 bits per heavy atom. The lowest BCUT2D eigenvalue weighted by Crippen LogP contribution is -2.48. The summed E-state index contributed by atoms with van der Waals surface area (Å²) in [4.78, 5) is 25.2. The molecule has 1 aromatic rings. The molecule has 1 aliphatic carbocycles. The number of hydrogen-bond donors (Lipinski definition) is 2. The summed E-state index contributed by atoms with van der Waals surface area (Å²) in [6.45, 7) is 7.16. The molecule has 0 unspecified atom stereocenters. The van der Waals surface area contributed by atoms with E-state index in [2.05, 4.69) is 10.6 Å². The molecule has 1 aliphatic rings. The highest BCUT2D eigenvalue weighted by atomic mass is 16.5. The van der Waals surface area contributed by atoms with Crippen LogP contribution in [0.2, 0.25) is 0 Å². The number of rotatable bonds is 6. The van der Waals surface area contributed by atoms with E-state index in [0.29, 0.717) is 11.4 Å². The molecule has 0 spiro atoms. The average Bonchev–Trinajstić information content (AvgIpc) is 3.01. The van der Waals surface area contributed by atoms with Gasteiger partial charge in [0.05, 0.1) is 11.8 Å². The molecule has 5 nitrogen and oxygen atoms in total. The maximum absolute atomic E-state index is 12.7. The summed E-state index contributed by atoms with van der Waals surface area (Å²) in [5.74, 6) is 0.0415. The van der Waals surface area contributed by atoms with Gasteiger partial charge in [-0.25, -0.2) is 0 Å². The topological polar surface area (TPSA) is 67.4 Å². The van der Waals surface area contributed by atoms with Crippen LogP contribution in [-0.4, -0.2) is 24.0 Å². The molecule has 0 atom stereocenters. The van der Waals surface area contributed by atoms with Crippen LogP contribution in [0.15, 0.2) is 24.3 Å². The standard InChI is InChI=1S/C19H28N2O3/c1-13(2)24-16-12-8-7-11-15(16)21-18(23)19(3,4)17(22)20-14-9-5-6-10-14/h7-8,11-14H,5-6,9-10H2,1-4H3,(H,20,22)(H,21,23). The Morgan fingerprint density at radius 3 is 2.38 bits per heavy atom. The first-order valence-corrected chi connectivity index (χ1v) is 8.69. The minimum Gasteiger partial charge on any atom is -0.489 e. The third-order valence-electron chi connectivity index (χ3n) is 4.32. The van der Waals surface area contributed by atoms with Gasteiger partial charge in [-0.1, -0.05) is 25.0 Å². The van der Waals surface area contributed by atoms with Crippen LogP contribution in [0.4, 0.5) is 5.69 Å². The van der Waals surface area contributed by atoms with Gasteiger partial charge >= 0.3 is 0 Å². The molecular formula is C19H28N2O3. The highest BCUT2D eigenvalue weighted by molar-refractivity contribution is 6.10. The molecule has 5 heteroatoms. The van der Waals surface area contributed by atoms with Crippen molar-refractivity contribution in [3.8, 4) is 5.75 Å². The number of benzene rings is 1. The lowest BCUT2D eigenvalue weighted by Gasteiger charge is -2.25. The Balaban J connectivity index is 2.06. The molecule has 2 rings (SSSR count). The molecule has 0 radical (unpaired) electrons. The van der Waals surface area contributed by atoms with E-state index in [0.717, 1.165) is 25.7 Å². The van der Waals surface area contributed by atoms with E-state index in [1.165, 1.54) is 0 Å². The summed E-state index contributed by atoms with van der Waals surface area (Å²) in [6.07, 6.45) is 4.26. The van der Waals surface area contributed by atoms with Gasteiger partial charge in [-0.2, -0.15) is 0 Å². The van der Waals surface area contributed by atoms with Crippen LogP contribution >= 0.6 is 0 Å². The summed E-state index contributed by atoms with van der Waals surface area (Å²) in [6, 6.07) is 7.46. The second-order valence-electron chi connectivity index (χ2n) is 7.20. The van der Waals surface area contributed by atoms with Gasteiger partial charge in [0.1, 0.15) is 11.2 Å². The predicted molar refractivity (Wildman–Crippen MR) is 95.0 cm³/mol. The van der Waals surface area contributed by atoms with E-state index in [-0.39, 0.29) is 24.0 Å². The van der Waals surface area contributed by atoms with Crippen LogP contribution in [0, 0.1) is 5.41 Å². The molecule has 1 saturated carbocycles. The Kier molecular flexibility index (Phi) is 5.86. The van der Waals surface area contributed by atoms with Crippen LogP contribution in [0.3, 0.4) is 0 Å². The molecule has 2 N–H and O–H groups in total. The lowest BCUT2D eigenvalue weighted by molar-refractivity contribution is -0.138. The third-order valence-corrected chi connectivity index (χ3v) is 4.32. The molecule has 132 valence electrons. The second-order valence-corrected chi connectivity index (χ2v) is 7.20. The zero-order chi connectivity index (χ0) is 17.7. The van der Waals surface area contributed by atoms with Crippen molar-refractivity contribution in [2.75, 3.05) is 5.32 Å². The van der Waals surface area contributed by atoms with Crippen molar-refractivity contribution in [1.82, 2.24) is 5.32 Å². The van der Waals surface area contributed by atoms with Crippen molar-refractivity contribution < 1.29 is 14.3 Å². The SMILES string of the molecule is CC(C)Oc1ccccc1NC(=O)C(C)(C)C(=O)NC1CCCC1. The molecule has 1 fully saturated rings. The molecule has 0 saturated heterocycles. The fourth-order valence-corrected chi connectivity index (χ4v) is 2.74. The van der Waals surface area contributed by atoms with Gasteiger partial charge in [0.15, 0.2) is 0 Å². The Bertz CT molecular complexity index is 590. The molecule has 0 bridgehead atoms. The number of anilines is 1. The van der Waals surface area contributed by atoms with Crippen molar-refractivity contribution >= 4 is 17.5 Å². The number of amides is 2. The summed E-state index contributed by atoms with van der Waals surface area (Å²) >= 11 is 0. The number of para-hydroxylation sites is 2. The molecule has 0 aliphatic heterocycles. The van der Waals surface area contributed by atoms with E-state index >= 15 is 0 Å². The summed E-state index contributed by atoms with van der Waals surface area (Å²) < 4.78 is 5.71. The van der Waals surface area contributed by atoms with E-state index in [9.17, 15) is 9.59 Å². The van der Waals surface area contributed by atoms with Gasteiger partial charge in [-0.3, -0.25) is 9.59 Å². The van der Waals surface area contributed by atoms with Gasteiger partial charge in [0.2, 0.25) is 11.8 Å². The Labute approximate surface area is 144 Å². The van der Waals surface area contributed by atoms with Gasteiger partial charge in [0, 0.05) is 6.04 Å². The predicted octanol–water partition coefficient (Wildman–Crippen LogP) is 3.50. The first-order valence-electron chi connectivity index (χ1n) is 8.69. The number of nitrogens with one attached hydrogen (secondary N) is 2. The largest absolute Gasteiger partial charge is 0.489 e. The summed E-state index contributed by atoms with van der Waals surface area (Å²) in [7, 11) is 0. The van der Waals surface area contributed by atoms with E-state index in [1.807, 2.05) is 26.0 Å². The Morgan fingerprint density at radius 2 is 1.75 bits per heavy atom. The van der Waals surface area contributed by atoms with E-state index in [4.69, 9.17) is 4.74 Å². The number of carbonyl (C=O) groups excluding carboxylic acids is 2. The van der Waals surface area contributed by atoms with Gasteiger partial charge < -0.3 is 15.4 Å². The van der Waals surface area contributed by atoms with Crippen LogP contribution in [0.25, 0.3) is 0 Å². The molecule has 1 aromatic carbocycles. The van der Waals surface area contributed by atoms with Crippen LogP contribution in [0.1, 0.15) is 53.4 Å². The van der Waals surface area contributed by atoms with Crippen LogP contribution in [-0.2, 0) is 9.59 Å². The molecule has 2 amide bonds. The molecule has 24 heavy (non-hydrogen) atoms. The lowest BCUT2D eigenvalue weighted by atomic mass is 9.90. The van der Waals surface area contributed by atoms with Gasteiger partial charge in [-0.15, -0.1) is 0 Å². The van der Waals surface area contributed by atoms with Crippen molar-refractivity contribution in [3.05, 3.63) is 24.3 Å². The first kappa shape index (κ1) is 18.3. The number of ether oxygens (including phenoxy) is 1. The molecular weight excluding hydrogens is 304 g/mol. The molecule has 0 aromatic heterocycles. The monoisotopic (exact) mass is 332 g/mol. The molecule has 0 heterocycles. The third kappa shape index (κ3) is 4.49. The maximum Gasteiger partial charge on any atom is 0.239 e. The van der Waals surface area contributed by atoms with E-state index < -0.39 is 5.41 Å². The van der Waals surface area contributed by atoms with Crippen molar-refractivity contribution in [1.29, 1.82) is 0 Å². The highest BCUT2D eigenvalue weighted by Crippen LogP contribution is 2.28. The normalized spacial score (nSPS) is 15.4.